The summed E-state index contributed by atoms with van der Waals surface area (Å²) in [7, 11) is 0. The van der Waals surface area contributed by atoms with E-state index in [1.54, 1.807) is 0 Å². The Labute approximate surface area is 125 Å². The van der Waals surface area contributed by atoms with Crippen LogP contribution in [-0.4, -0.2) is 17.6 Å². The zero-order valence-corrected chi connectivity index (χ0v) is 13.4. The summed E-state index contributed by atoms with van der Waals surface area (Å²) in [5, 5.41) is 3.71. The molecule has 1 atom stereocenters. The molecule has 0 aliphatic carbocycles. The molecule has 0 aliphatic rings. The molecule has 1 heterocycles. The molecule has 1 rings (SSSR count). The van der Waals surface area contributed by atoms with E-state index in [0.29, 0.717) is 6.04 Å². The van der Waals surface area contributed by atoms with Crippen LogP contribution < -0.4 is 5.32 Å². The number of hydrogen-bond acceptors (Lipinski definition) is 2. The first-order valence-electron chi connectivity index (χ1n) is 8.49. The monoisotopic (exact) mass is 276 g/mol. The largest absolute Gasteiger partial charge is 0.314 e. The van der Waals surface area contributed by atoms with Crippen molar-refractivity contribution in [1.29, 1.82) is 0 Å². The van der Waals surface area contributed by atoms with Crippen LogP contribution in [0.4, 0.5) is 0 Å². The Bertz CT molecular complexity index is 310. The molecule has 20 heavy (non-hydrogen) atoms. The third-order valence-electron chi connectivity index (χ3n) is 3.87. The van der Waals surface area contributed by atoms with Gasteiger partial charge in [0, 0.05) is 18.4 Å². The van der Waals surface area contributed by atoms with E-state index in [2.05, 4.69) is 36.3 Å². The number of aromatic nitrogens is 1. The maximum absolute atomic E-state index is 4.08. The molecule has 0 fully saturated rings. The molecule has 1 aromatic rings. The van der Waals surface area contributed by atoms with Crippen LogP contribution >= 0.6 is 0 Å². The predicted octanol–water partition coefficient (Wildman–Crippen LogP) is 4.74. The van der Waals surface area contributed by atoms with Gasteiger partial charge in [0.15, 0.2) is 0 Å². The first-order chi connectivity index (χ1) is 9.86. The van der Waals surface area contributed by atoms with Gasteiger partial charge in [-0.25, -0.2) is 0 Å². The minimum atomic E-state index is 0.685. The van der Waals surface area contributed by atoms with E-state index in [1.807, 2.05) is 12.4 Å². The number of pyridine rings is 1. The van der Waals surface area contributed by atoms with Gasteiger partial charge in [-0.1, -0.05) is 46.0 Å². The van der Waals surface area contributed by atoms with E-state index in [1.165, 1.54) is 63.4 Å². The van der Waals surface area contributed by atoms with Crippen molar-refractivity contribution < 1.29 is 0 Å². The molecule has 0 amide bonds. The summed E-state index contributed by atoms with van der Waals surface area (Å²) in [6.45, 7) is 5.67. The number of rotatable bonds is 12. The van der Waals surface area contributed by atoms with Crippen molar-refractivity contribution in [3.05, 3.63) is 30.1 Å². The highest BCUT2D eigenvalue weighted by Gasteiger charge is 2.07. The molecule has 1 N–H and O–H groups in total. The first kappa shape index (κ1) is 17.2. The van der Waals surface area contributed by atoms with Crippen molar-refractivity contribution in [3.63, 3.8) is 0 Å². The lowest BCUT2D eigenvalue weighted by Gasteiger charge is -2.18. The zero-order chi connectivity index (χ0) is 14.5. The molecule has 2 heteroatoms. The fraction of sp³-hybridized carbons (Fsp3) is 0.722. The molecule has 0 saturated carbocycles. The summed E-state index contributed by atoms with van der Waals surface area (Å²) in [6, 6.07) is 4.96. The fourth-order valence-corrected chi connectivity index (χ4v) is 2.58. The van der Waals surface area contributed by atoms with Gasteiger partial charge in [0.1, 0.15) is 0 Å². The number of hydrogen-bond donors (Lipinski definition) is 1. The lowest BCUT2D eigenvalue weighted by molar-refractivity contribution is 0.431. The van der Waals surface area contributed by atoms with Crippen LogP contribution in [0.1, 0.15) is 70.8 Å². The molecule has 1 aromatic heterocycles. The van der Waals surface area contributed by atoms with Gasteiger partial charge in [-0.3, -0.25) is 4.98 Å². The molecule has 0 aliphatic heterocycles. The summed E-state index contributed by atoms with van der Waals surface area (Å²) < 4.78 is 0. The van der Waals surface area contributed by atoms with Crippen molar-refractivity contribution in [2.24, 2.45) is 0 Å². The third-order valence-corrected chi connectivity index (χ3v) is 3.87. The van der Waals surface area contributed by atoms with Crippen molar-refractivity contribution in [3.8, 4) is 0 Å². The molecule has 0 aromatic carbocycles. The maximum Gasteiger partial charge on any atom is 0.0270 e. The van der Waals surface area contributed by atoms with E-state index in [0.717, 1.165) is 6.54 Å². The topological polar surface area (TPSA) is 24.9 Å². The van der Waals surface area contributed by atoms with Crippen molar-refractivity contribution >= 4 is 0 Å². The highest BCUT2D eigenvalue weighted by Crippen LogP contribution is 2.12. The lowest BCUT2D eigenvalue weighted by Crippen LogP contribution is -2.30. The van der Waals surface area contributed by atoms with Gasteiger partial charge in [-0.2, -0.15) is 0 Å². The molecule has 2 nitrogen and oxygen atoms in total. The quantitative estimate of drug-likeness (QED) is 0.558. The van der Waals surface area contributed by atoms with Crippen LogP contribution in [0.25, 0.3) is 0 Å². The van der Waals surface area contributed by atoms with Crippen LogP contribution in [0.15, 0.2) is 24.5 Å². The van der Waals surface area contributed by atoms with Crippen LogP contribution in [-0.2, 0) is 6.42 Å². The van der Waals surface area contributed by atoms with Gasteiger partial charge < -0.3 is 5.32 Å². The number of nitrogens with zero attached hydrogens (tertiary/aromatic N) is 1. The summed E-state index contributed by atoms with van der Waals surface area (Å²) in [6.07, 6.45) is 15.7. The van der Waals surface area contributed by atoms with E-state index < -0.39 is 0 Å². The molecule has 0 spiro atoms. The second-order valence-electron chi connectivity index (χ2n) is 5.75. The van der Waals surface area contributed by atoms with Gasteiger partial charge in [-0.15, -0.1) is 0 Å². The highest BCUT2D eigenvalue weighted by molar-refractivity contribution is 5.09. The average molecular weight is 276 g/mol. The summed E-state index contributed by atoms with van der Waals surface area (Å²) >= 11 is 0. The zero-order valence-electron chi connectivity index (χ0n) is 13.4. The standard InChI is InChI=1S/C18H32N2/c1-3-5-6-7-8-9-18(20-14-4-2)11-10-17-12-15-19-16-13-17/h12-13,15-16,18,20H,3-11,14H2,1-2H3. The highest BCUT2D eigenvalue weighted by atomic mass is 14.9. The van der Waals surface area contributed by atoms with Crippen molar-refractivity contribution in [1.82, 2.24) is 10.3 Å². The predicted molar refractivity (Wildman–Crippen MR) is 88.0 cm³/mol. The van der Waals surface area contributed by atoms with Crippen LogP contribution in [0.3, 0.4) is 0 Å². The number of aryl methyl sites for hydroxylation is 1. The van der Waals surface area contributed by atoms with Crippen LogP contribution in [0.2, 0.25) is 0 Å². The molecule has 0 saturated heterocycles. The Kier molecular flexibility index (Phi) is 10.2. The van der Waals surface area contributed by atoms with Gasteiger partial charge in [-0.05, 0) is 49.9 Å². The van der Waals surface area contributed by atoms with Gasteiger partial charge >= 0.3 is 0 Å². The first-order valence-corrected chi connectivity index (χ1v) is 8.49. The molecular formula is C18H32N2. The Balaban J connectivity index is 2.24. The summed E-state index contributed by atoms with van der Waals surface area (Å²) in [5.41, 5.74) is 1.41. The SMILES string of the molecule is CCCCCCCC(CCc1ccncc1)NCCC. The molecular weight excluding hydrogens is 244 g/mol. The van der Waals surface area contributed by atoms with Crippen molar-refractivity contribution in [2.75, 3.05) is 6.54 Å². The normalized spacial score (nSPS) is 12.5. The number of unbranched alkanes of at least 4 members (excludes halogenated alkanes) is 4. The Morgan fingerprint density at radius 2 is 1.70 bits per heavy atom. The molecule has 114 valence electrons. The van der Waals surface area contributed by atoms with Crippen LogP contribution in [0, 0.1) is 0 Å². The minimum absolute atomic E-state index is 0.685. The van der Waals surface area contributed by atoms with Gasteiger partial charge in [0.05, 0.1) is 0 Å². The van der Waals surface area contributed by atoms with E-state index in [-0.39, 0.29) is 0 Å². The van der Waals surface area contributed by atoms with Crippen molar-refractivity contribution in [2.45, 2.75) is 77.7 Å². The number of nitrogens with one attached hydrogen (secondary N) is 1. The third kappa shape index (κ3) is 8.31. The Morgan fingerprint density at radius 3 is 2.40 bits per heavy atom. The fourth-order valence-electron chi connectivity index (χ4n) is 2.58. The Hall–Kier alpha value is -0.890. The minimum Gasteiger partial charge on any atom is -0.314 e. The Morgan fingerprint density at radius 1 is 0.950 bits per heavy atom. The summed E-state index contributed by atoms with van der Waals surface area (Å²) in [5.74, 6) is 0. The smallest absolute Gasteiger partial charge is 0.0270 e. The van der Waals surface area contributed by atoms with E-state index in [9.17, 15) is 0 Å². The second-order valence-corrected chi connectivity index (χ2v) is 5.75. The second kappa shape index (κ2) is 11.9. The maximum atomic E-state index is 4.08. The lowest BCUT2D eigenvalue weighted by atomic mass is 10.00. The molecule has 0 bridgehead atoms. The molecule has 1 unspecified atom stereocenters. The summed E-state index contributed by atoms with van der Waals surface area (Å²) in [4.78, 5) is 4.08. The van der Waals surface area contributed by atoms with Gasteiger partial charge in [0.25, 0.3) is 0 Å². The van der Waals surface area contributed by atoms with Crippen LogP contribution in [0.5, 0.6) is 0 Å². The average Bonchev–Trinajstić information content (AvgIpc) is 2.50. The molecule has 0 radical (unpaired) electrons. The van der Waals surface area contributed by atoms with E-state index in [4.69, 9.17) is 0 Å². The van der Waals surface area contributed by atoms with E-state index >= 15 is 0 Å². The van der Waals surface area contributed by atoms with Gasteiger partial charge in [0.2, 0.25) is 0 Å².